The number of carbonyl (C=O) groups is 3. The Balaban J connectivity index is 1.91. The molecule has 0 aliphatic heterocycles. The molecule has 8 heteroatoms. The molecule has 0 atom stereocenters. The van der Waals surface area contributed by atoms with Crippen molar-refractivity contribution in [1.82, 2.24) is 4.57 Å². The van der Waals surface area contributed by atoms with Crippen LogP contribution in [0, 0.1) is 0 Å². The minimum atomic E-state index is -0.668. The van der Waals surface area contributed by atoms with Crippen molar-refractivity contribution in [3.05, 3.63) is 66.4 Å². The number of anilines is 1. The predicted molar refractivity (Wildman–Crippen MR) is 125 cm³/mol. The Morgan fingerprint density at radius 3 is 2.36 bits per heavy atom. The number of ether oxygens (including phenoxy) is 3. The third-order valence-electron chi connectivity index (χ3n) is 4.62. The van der Waals surface area contributed by atoms with Crippen LogP contribution in [0.1, 0.15) is 35.9 Å². The molecule has 0 saturated heterocycles. The summed E-state index contributed by atoms with van der Waals surface area (Å²) in [5.41, 5.74) is 0.611. The smallest absolute Gasteiger partial charge is 0.331 e. The first kappa shape index (κ1) is 23.6. The van der Waals surface area contributed by atoms with Crippen LogP contribution in [0.5, 0.6) is 11.5 Å². The van der Waals surface area contributed by atoms with E-state index in [0.717, 1.165) is 12.2 Å². The van der Waals surface area contributed by atoms with E-state index in [1.807, 2.05) is 0 Å². The minimum Gasteiger partial charge on any atom is -0.497 e. The lowest BCUT2D eigenvalue weighted by Gasteiger charge is -2.17. The van der Waals surface area contributed by atoms with Gasteiger partial charge in [0.1, 0.15) is 17.1 Å². The van der Waals surface area contributed by atoms with Crippen LogP contribution in [0.4, 0.5) is 5.69 Å². The molecule has 172 valence electrons. The fourth-order valence-corrected chi connectivity index (χ4v) is 3.19. The zero-order valence-electron chi connectivity index (χ0n) is 19.2. The van der Waals surface area contributed by atoms with Crippen LogP contribution in [0.25, 0.3) is 10.9 Å². The second-order valence-corrected chi connectivity index (χ2v) is 8.16. The number of fused-ring (bicyclic) bond motifs is 1. The number of carbonyl (C=O) groups excluding carboxylic acids is 3. The number of nitrogens with one attached hydrogen (secondary N) is 1. The molecular weight excluding hydrogens is 424 g/mol. The van der Waals surface area contributed by atoms with Crippen LogP contribution in [-0.2, 0) is 9.53 Å². The van der Waals surface area contributed by atoms with Gasteiger partial charge in [-0.05, 0) is 39.0 Å². The van der Waals surface area contributed by atoms with Crippen LogP contribution in [0.15, 0.2) is 60.8 Å². The highest BCUT2D eigenvalue weighted by molar-refractivity contribution is 6.15. The second-order valence-electron chi connectivity index (χ2n) is 8.16. The summed E-state index contributed by atoms with van der Waals surface area (Å²) in [6, 6.07) is 12.0. The normalized spacial score (nSPS) is 11.4. The molecule has 0 bridgehead atoms. The molecule has 1 amide bonds. The molecule has 2 aromatic carbocycles. The molecule has 0 aliphatic rings. The summed E-state index contributed by atoms with van der Waals surface area (Å²) >= 11 is 0. The molecule has 0 saturated carbocycles. The summed E-state index contributed by atoms with van der Waals surface area (Å²) in [5.74, 6) is -0.515. The molecule has 0 fully saturated rings. The van der Waals surface area contributed by atoms with Gasteiger partial charge in [0.15, 0.2) is 0 Å². The monoisotopic (exact) mass is 450 g/mol. The van der Waals surface area contributed by atoms with Gasteiger partial charge in [0.2, 0.25) is 0 Å². The average molecular weight is 450 g/mol. The zero-order chi connectivity index (χ0) is 24.2. The van der Waals surface area contributed by atoms with Crippen molar-refractivity contribution >= 4 is 34.4 Å². The van der Waals surface area contributed by atoms with E-state index in [2.05, 4.69) is 5.32 Å². The number of benzene rings is 2. The predicted octanol–water partition coefficient (Wildman–Crippen LogP) is 4.45. The number of hydrogen-bond acceptors (Lipinski definition) is 6. The van der Waals surface area contributed by atoms with Gasteiger partial charge in [-0.15, -0.1) is 0 Å². The van der Waals surface area contributed by atoms with Gasteiger partial charge in [-0.3, -0.25) is 14.2 Å². The number of amides is 1. The zero-order valence-corrected chi connectivity index (χ0v) is 19.2. The molecule has 3 aromatic rings. The lowest BCUT2D eigenvalue weighted by Crippen LogP contribution is -2.22. The van der Waals surface area contributed by atoms with Gasteiger partial charge in [-0.1, -0.05) is 18.2 Å². The summed E-state index contributed by atoms with van der Waals surface area (Å²) in [4.78, 5) is 37.8. The molecule has 0 radical (unpaired) electrons. The van der Waals surface area contributed by atoms with Crippen LogP contribution < -0.4 is 14.8 Å². The lowest BCUT2D eigenvalue weighted by atomic mass is 10.1. The van der Waals surface area contributed by atoms with E-state index in [-0.39, 0.29) is 0 Å². The van der Waals surface area contributed by atoms with E-state index in [9.17, 15) is 14.4 Å². The third-order valence-corrected chi connectivity index (χ3v) is 4.62. The number of esters is 1. The van der Waals surface area contributed by atoms with Gasteiger partial charge >= 0.3 is 5.97 Å². The van der Waals surface area contributed by atoms with E-state index in [0.29, 0.717) is 33.7 Å². The summed E-state index contributed by atoms with van der Waals surface area (Å²) in [6.45, 7) is 5.22. The second kappa shape index (κ2) is 9.60. The van der Waals surface area contributed by atoms with Gasteiger partial charge in [0.05, 0.1) is 31.0 Å². The van der Waals surface area contributed by atoms with E-state index in [1.54, 1.807) is 63.2 Å². The molecular formula is C25H26N2O6. The SMILES string of the molecule is COc1ccc(NC(=O)c2cn(C(=O)/C=C/C(=O)OC(C)(C)C)c3ccccc23)c(OC)c1. The summed E-state index contributed by atoms with van der Waals surface area (Å²) in [6.07, 6.45) is 3.64. The maximum absolute atomic E-state index is 13.1. The van der Waals surface area contributed by atoms with Gasteiger partial charge in [0, 0.05) is 29.8 Å². The highest BCUT2D eigenvalue weighted by Crippen LogP contribution is 2.30. The molecule has 8 nitrogen and oxygen atoms in total. The van der Waals surface area contributed by atoms with Crippen molar-refractivity contribution in [2.45, 2.75) is 26.4 Å². The molecule has 1 aromatic heterocycles. The largest absolute Gasteiger partial charge is 0.497 e. The highest BCUT2D eigenvalue weighted by atomic mass is 16.6. The first-order chi connectivity index (χ1) is 15.6. The Morgan fingerprint density at radius 2 is 1.70 bits per heavy atom. The maximum atomic E-state index is 13.1. The van der Waals surface area contributed by atoms with E-state index < -0.39 is 23.4 Å². The lowest BCUT2D eigenvalue weighted by molar-refractivity contribution is -0.148. The van der Waals surface area contributed by atoms with Gasteiger partial charge in [0.25, 0.3) is 11.8 Å². The first-order valence-corrected chi connectivity index (χ1v) is 10.2. The van der Waals surface area contributed by atoms with Crippen LogP contribution >= 0.6 is 0 Å². The van der Waals surface area contributed by atoms with Gasteiger partial charge in [-0.25, -0.2) is 4.79 Å². The molecule has 33 heavy (non-hydrogen) atoms. The van der Waals surface area contributed by atoms with Crippen molar-refractivity contribution in [2.75, 3.05) is 19.5 Å². The van der Waals surface area contributed by atoms with Gasteiger partial charge in [-0.2, -0.15) is 0 Å². The van der Waals surface area contributed by atoms with Crippen molar-refractivity contribution in [2.24, 2.45) is 0 Å². The Morgan fingerprint density at radius 1 is 0.970 bits per heavy atom. The molecule has 0 aliphatic carbocycles. The summed E-state index contributed by atoms with van der Waals surface area (Å²) in [7, 11) is 3.03. The highest BCUT2D eigenvalue weighted by Gasteiger charge is 2.19. The average Bonchev–Trinajstić information content (AvgIpc) is 3.16. The van der Waals surface area contributed by atoms with Crippen molar-refractivity contribution < 1.29 is 28.6 Å². The molecule has 1 heterocycles. The standard InChI is InChI=1S/C25H26N2O6/c1-25(2,3)33-23(29)13-12-22(28)27-15-18(17-8-6-7-9-20(17)27)24(30)26-19-11-10-16(31-4)14-21(19)32-5/h6-15H,1-5H3,(H,26,30)/b13-12+. The Kier molecular flexibility index (Phi) is 6.86. The number of aromatic nitrogens is 1. The quantitative estimate of drug-likeness (QED) is 0.440. The molecule has 3 rings (SSSR count). The summed E-state index contributed by atoms with van der Waals surface area (Å²) < 4.78 is 17.0. The number of nitrogens with zero attached hydrogens (tertiary/aromatic N) is 1. The molecule has 0 unspecified atom stereocenters. The number of para-hydroxylation sites is 1. The van der Waals surface area contributed by atoms with Crippen molar-refractivity contribution in [1.29, 1.82) is 0 Å². The Bertz CT molecular complexity index is 1230. The summed E-state index contributed by atoms with van der Waals surface area (Å²) in [5, 5.41) is 3.40. The Hall–Kier alpha value is -4.07. The third kappa shape index (κ3) is 5.60. The Labute approximate surface area is 191 Å². The number of allylic oxidation sites excluding steroid dienone is 1. The number of rotatable bonds is 6. The first-order valence-electron chi connectivity index (χ1n) is 10.2. The van der Waals surface area contributed by atoms with E-state index >= 15 is 0 Å². The van der Waals surface area contributed by atoms with E-state index in [1.165, 1.54) is 25.0 Å². The maximum Gasteiger partial charge on any atom is 0.331 e. The minimum absolute atomic E-state index is 0.294. The van der Waals surface area contributed by atoms with Crippen LogP contribution in [-0.4, -0.2) is 42.2 Å². The fourth-order valence-electron chi connectivity index (χ4n) is 3.19. The van der Waals surface area contributed by atoms with Crippen LogP contribution in [0.2, 0.25) is 0 Å². The van der Waals surface area contributed by atoms with Crippen molar-refractivity contribution in [3.63, 3.8) is 0 Å². The van der Waals surface area contributed by atoms with E-state index in [4.69, 9.17) is 14.2 Å². The van der Waals surface area contributed by atoms with Crippen molar-refractivity contribution in [3.8, 4) is 11.5 Å². The van der Waals surface area contributed by atoms with Crippen LogP contribution in [0.3, 0.4) is 0 Å². The number of hydrogen-bond donors (Lipinski definition) is 1. The fraction of sp³-hybridized carbons (Fsp3) is 0.240. The topological polar surface area (TPSA) is 95.9 Å². The molecule has 1 N–H and O–H groups in total. The van der Waals surface area contributed by atoms with Gasteiger partial charge < -0.3 is 19.5 Å². The molecule has 0 spiro atoms. The number of methoxy groups -OCH3 is 2.